The number of thiophene rings is 1. The van der Waals surface area contributed by atoms with E-state index >= 15 is 0 Å². The van der Waals surface area contributed by atoms with Crippen molar-refractivity contribution in [3.05, 3.63) is 49.4 Å². The van der Waals surface area contributed by atoms with Gasteiger partial charge in [-0.1, -0.05) is 30.1 Å². The number of hydrogen-bond acceptors (Lipinski definition) is 4. The molecule has 0 saturated carbocycles. The van der Waals surface area contributed by atoms with E-state index in [-0.39, 0.29) is 21.6 Å². The molecule has 2 heterocycles. The van der Waals surface area contributed by atoms with Crippen LogP contribution in [0.2, 0.25) is 10.2 Å². The molecule has 2 amide bonds. The highest BCUT2D eigenvalue weighted by atomic mass is 35.5. The molecule has 2 rings (SSSR count). The largest absolute Gasteiger partial charge is 0.279 e. The zero-order chi connectivity index (χ0) is 16.3. The lowest BCUT2D eigenvalue weighted by Gasteiger charge is -2.06. The molecule has 0 saturated heterocycles. The second-order valence-corrected chi connectivity index (χ2v) is 6.38. The summed E-state index contributed by atoms with van der Waals surface area (Å²) >= 11 is 12.9. The zero-order valence-corrected chi connectivity index (χ0v) is 14.2. The molecule has 2 aromatic heterocycles. The third-order valence-electron chi connectivity index (χ3n) is 2.91. The second-order valence-electron chi connectivity index (χ2n) is 4.48. The molecule has 0 aliphatic heterocycles. The third kappa shape index (κ3) is 3.76. The zero-order valence-electron chi connectivity index (χ0n) is 11.9. The van der Waals surface area contributed by atoms with E-state index in [9.17, 15) is 9.59 Å². The summed E-state index contributed by atoms with van der Waals surface area (Å²) in [5, 5.41) is 0.283. The minimum atomic E-state index is -0.525. The first kappa shape index (κ1) is 16.7. The van der Waals surface area contributed by atoms with Crippen molar-refractivity contribution in [3.8, 4) is 0 Å². The number of aromatic nitrogens is 1. The van der Waals surface area contributed by atoms with Crippen LogP contribution in [-0.4, -0.2) is 16.8 Å². The van der Waals surface area contributed by atoms with Gasteiger partial charge < -0.3 is 0 Å². The molecule has 0 aliphatic rings. The van der Waals surface area contributed by atoms with Crippen molar-refractivity contribution in [3.63, 3.8) is 0 Å². The second kappa shape index (κ2) is 7.09. The number of aryl methyl sites for hydroxylation is 2. The van der Waals surface area contributed by atoms with Crippen LogP contribution in [0.4, 0.5) is 0 Å². The fraction of sp³-hybridized carbons (Fsp3) is 0.214. The predicted octanol–water partition coefficient (Wildman–Crippen LogP) is 3.40. The van der Waals surface area contributed by atoms with Crippen molar-refractivity contribution in [2.75, 3.05) is 0 Å². The number of rotatable bonds is 3. The number of pyridine rings is 1. The Morgan fingerprint density at radius 2 is 1.91 bits per heavy atom. The van der Waals surface area contributed by atoms with Gasteiger partial charge in [-0.2, -0.15) is 0 Å². The van der Waals surface area contributed by atoms with Gasteiger partial charge in [-0.15, -0.1) is 11.3 Å². The molecular formula is C14H13Cl2N3O2S. The molecule has 0 fully saturated rings. The summed E-state index contributed by atoms with van der Waals surface area (Å²) < 4.78 is 0. The van der Waals surface area contributed by atoms with Crippen molar-refractivity contribution >= 4 is 46.4 Å². The molecule has 5 nitrogen and oxygen atoms in total. The van der Waals surface area contributed by atoms with Crippen molar-refractivity contribution in [2.24, 2.45) is 0 Å². The van der Waals surface area contributed by atoms with Crippen LogP contribution in [0.1, 0.15) is 37.4 Å². The summed E-state index contributed by atoms with van der Waals surface area (Å²) in [6.07, 6.45) is 2.14. The number of nitrogens with zero attached hydrogens (tertiary/aromatic N) is 1. The number of halogens is 2. The topological polar surface area (TPSA) is 71.1 Å². The number of amides is 2. The number of hydrogen-bond donors (Lipinski definition) is 2. The van der Waals surface area contributed by atoms with Crippen LogP contribution in [0, 0.1) is 6.92 Å². The van der Waals surface area contributed by atoms with Crippen LogP contribution in [0.5, 0.6) is 0 Å². The summed E-state index contributed by atoms with van der Waals surface area (Å²) in [5.41, 5.74) is 5.95. The Morgan fingerprint density at radius 1 is 1.23 bits per heavy atom. The van der Waals surface area contributed by atoms with E-state index < -0.39 is 5.91 Å². The molecule has 2 aromatic rings. The number of nitrogens with one attached hydrogen (secondary N) is 2. The van der Waals surface area contributed by atoms with Crippen molar-refractivity contribution in [2.45, 2.75) is 20.3 Å². The third-order valence-corrected chi connectivity index (χ3v) is 4.98. The first-order chi connectivity index (χ1) is 10.4. The molecule has 8 heteroatoms. The number of carbonyl (C=O) groups excluding carboxylic acids is 2. The summed E-state index contributed by atoms with van der Waals surface area (Å²) in [5.74, 6) is -0.891. The van der Waals surface area contributed by atoms with E-state index in [0.717, 1.165) is 16.9 Å². The molecule has 0 bridgehead atoms. The highest BCUT2D eigenvalue weighted by Gasteiger charge is 2.14. The van der Waals surface area contributed by atoms with Crippen LogP contribution in [-0.2, 0) is 6.42 Å². The molecule has 0 unspecified atom stereocenters. The lowest BCUT2D eigenvalue weighted by molar-refractivity contribution is 0.0848. The van der Waals surface area contributed by atoms with Gasteiger partial charge in [0, 0.05) is 11.1 Å². The van der Waals surface area contributed by atoms with Gasteiger partial charge in [-0.05, 0) is 31.0 Å². The standard InChI is InChI=1S/C14H13Cl2N3O2S/c1-3-10-7(2)4-11(22-10)14(21)19-18-13(20)8-5-9(15)12(16)17-6-8/h4-6H,3H2,1-2H3,(H,18,20)(H,19,21). The SMILES string of the molecule is CCc1sc(C(=O)NNC(=O)c2cnc(Cl)c(Cl)c2)cc1C. The lowest BCUT2D eigenvalue weighted by Crippen LogP contribution is -2.41. The Kier molecular flexibility index (Phi) is 5.39. The predicted molar refractivity (Wildman–Crippen MR) is 87.6 cm³/mol. The summed E-state index contributed by atoms with van der Waals surface area (Å²) in [6, 6.07) is 3.18. The average molecular weight is 358 g/mol. The van der Waals surface area contributed by atoms with Crippen LogP contribution >= 0.6 is 34.5 Å². The maximum Gasteiger partial charge on any atom is 0.279 e. The highest BCUT2D eigenvalue weighted by molar-refractivity contribution is 7.14. The molecule has 0 spiro atoms. The van der Waals surface area contributed by atoms with Gasteiger partial charge >= 0.3 is 0 Å². The molecule has 0 aliphatic carbocycles. The summed E-state index contributed by atoms with van der Waals surface area (Å²) in [6.45, 7) is 3.98. The molecule has 2 N–H and O–H groups in total. The molecule has 116 valence electrons. The Labute approximate surface area is 141 Å². The summed E-state index contributed by atoms with van der Waals surface area (Å²) in [7, 11) is 0. The van der Waals surface area contributed by atoms with E-state index in [1.54, 1.807) is 6.07 Å². The normalized spacial score (nSPS) is 10.4. The van der Waals surface area contributed by atoms with Gasteiger partial charge in [0.05, 0.1) is 15.5 Å². The smallest absolute Gasteiger partial charge is 0.267 e. The van der Waals surface area contributed by atoms with E-state index in [0.29, 0.717) is 4.88 Å². The monoisotopic (exact) mass is 357 g/mol. The Hall–Kier alpha value is -1.63. The number of hydrazine groups is 1. The van der Waals surface area contributed by atoms with Gasteiger partial charge in [-0.3, -0.25) is 20.4 Å². The van der Waals surface area contributed by atoms with E-state index in [4.69, 9.17) is 23.2 Å². The quantitative estimate of drug-likeness (QED) is 0.653. The van der Waals surface area contributed by atoms with E-state index in [1.807, 2.05) is 13.8 Å². The van der Waals surface area contributed by atoms with Gasteiger partial charge in [0.25, 0.3) is 11.8 Å². The van der Waals surface area contributed by atoms with Gasteiger partial charge in [0.1, 0.15) is 5.15 Å². The van der Waals surface area contributed by atoms with Crippen molar-refractivity contribution < 1.29 is 9.59 Å². The minimum Gasteiger partial charge on any atom is -0.267 e. The fourth-order valence-electron chi connectivity index (χ4n) is 1.78. The highest BCUT2D eigenvalue weighted by Crippen LogP contribution is 2.22. The van der Waals surface area contributed by atoms with Crippen LogP contribution < -0.4 is 10.9 Å². The van der Waals surface area contributed by atoms with E-state index in [1.165, 1.54) is 23.6 Å². The Morgan fingerprint density at radius 3 is 2.50 bits per heavy atom. The number of carbonyl (C=O) groups is 2. The first-order valence-electron chi connectivity index (χ1n) is 6.43. The van der Waals surface area contributed by atoms with Gasteiger partial charge in [-0.25, -0.2) is 4.98 Å². The maximum atomic E-state index is 12.0. The van der Waals surface area contributed by atoms with E-state index in [2.05, 4.69) is 15.8 Å². The van der Waals surface area contributed by atoms with Crippen molar-refractivity contribution in [1.82, 2.24) is 15.8 Å². The molecule has 0 atom stereocenters. The molecule has 0 radical (unpaired) electrons. The van der Waals surface area contributed by atoms with Crippen LogP contribution in [0.25, 0.3) is 0 Å². The molecule has 0 aromatic carbocycles. The summed E-state index contributed by atoms with van der Waals surface area (Å²) in [4.78, 5) is 29.4. The first-order valence-corrected chi connectivity index (χ1v) is 8.00. The van der Waals surface area contributed by atoms with Crippen LogP contribution in [0.15, 0.2) is 18.3 Å². The fourth-order valence-corrected chi connectivity index (χ4v) is 3.05. The van der Waals surface area contributed by atoms with Gasteiger partial charge in [0.2, 0.25) is 0 Å². The van der Waals surface area contributed by atoms with Gasteiger partial charge in [0.15, 0.2) is 0 Å². The molecular weight excluding hydrogens is 345 g/mol. The average Bonchev–Trinajstić information content (AvgIpc) is 2.88. The minimum absolute atomic E-state index is 0.114. The molecule has 22 heavy (non-hydrogen) atoms. The Balaban J connectivity index is 2.00. The maximum absolute atomic E-state index is 12.0. The lowest BCUT2D eigenvalue weighted by atomic mass is 10.2. The van der Waals surface area contributed by atoms with Crippen molar-refractivity contribution in [1.29, 1.82) is 0 Å². The van der Waals surface area contributed by atoms with Crippen LogP contribution in [0.3, 0.4) is 0 Å². The Bertz CT molecular complexity index is 731.